The Hall–Kier alpha value is -2.67. The molecule has 1 aromatic carbocycles. The Morgan fingerprint density at radius 1 is 1.22 bits per heavy atom. The molecule has 3 rings (SSSR count). The fraction of sp³-hybridized carbons (Fsp3) is 0.312. The fourth-order valence-electron chi connectivity index (χ4n) is 2.44. The van der Waals surface area contributed by atoms with Gasteiger partial charge >= 0.3 is 0 Å². The minimum Gasteiger partial charge on any atom is -0.480 e. The van der Waals surface area contributed by atoms with E-state index >= 15 is 0 Å². The first kappa shape index (κ1) is 15.2. The number of ether oxygens (including phenoxy) is 1. The number of aliphatic hydroxyl groups excluding tert-OH is 1. The van der Waals surface area contributed by atoms with Crippen LogP contribution in [0.4, 0.5) is 5.95 Å². The summed E-state index contributed by atoms with van der Waals surface area (Å²) >= 11 is 0. The maximum absolute atomic E-state index is 9.24. The molecule has 0 bridgehead atoms. The van der Waals surface area contributed by atoms with Crippen LogP contribution in [0.2, 0.25) is 0 Å². The largest absolute Gasteiger partial charge is 0.480 e. The second kappa shape index (κ2) is 5.85. The summed E-state index contributed by atoms with van der Waals surface area (Å²) in [6, 6.07) is 7.65. The van der Waals surface area contributed by atoms with Gasteiger partial charge in [0.2, 0.25) is 11.8 Å². The lowest BCUT2D eigenvalue weighted by atomic mass is 10.2. The number of methoxy groups -OCH3 is 1. The number of rotatable bonds is 4. The van der Waals surface area contributed by atoms with Gasteiger partial charge in [0, 0.05) is 19.8 Å². The lowest BCUT2D eigenvalue weighted by molar-refractivity contribution is 0.276. The first-order valence-electron chi connectivity index (χ1n) is 7.23. The molecular weight excluding hydrogens is 294 g/mol. The van der Waals surface area contributed by atoms with Gasteiger partial charge < -0.3 is 14.7 Å². The fourth-order valence-corrected chi connectivity index (χ4v) is 2.44. The molecule has 2 aromatic heterocycles. The number of benzene rings is 1. The van der Waals surface area contributed by atoms with Crippen molar-refractivity contribution in [3.05, 3.63) is 35.7 Å². The summed E-state index contributed by atoms with van der Waals surface area (Å²) in [6.07, 6.45) is 0. The SMILES string of the molecule is COc1nc(N(C)C)nc2cc(-n3nc(CO)cc3C)ccc12. The van der Waals surface area contributed by atoms with Crippen LogP contribution < -0.4 is 9.64 Å². The summed E-state index contributed by atoms with van der Waals surface area (Å²) < 4.78 is 7.16. The van der Waals surface area contributed by atoms with Crippen molar-refractivity contribution in [1.29, 1.82) is 0 Å². The molecule has 23 heavy (non-hydrogen) atoms. The van der Waals surface area contributed by atoms with Crippen molar-refractivity contribution in [2.45, 2.75) is 13.5 Å². The van der Waals surface area contributed by atoms with Gasteiger partial charge in [0.25, 0.3) is 0 Å². The maximum Gasteiger partial charge on any atom is 0.228 e. The zero-order chi connectivity index (χ0) is 16.6. The Kier molecular flexibility index (Phi) is 3.87. The number of nitrogens with zero attached hydrogens (tertiary/aromatic N) is 5. The number of hydrogen-bond acceptors (Lipinski definition) is 6. The van der Waals surface area contributed by atoms with Gasteiger partial charge in [-0.1, -0.05) is 0 Å². The third-order valence-corrected chi connectivity index (χ3v) is 3.57. The monoisotopic (exact) mass is 313 g/mol. The molecule has 0 fully saturated rings. The first-order valence-corrected chi connectivity index (χ1v) is 7.23. The minimum absolute atomic E-state index is 0.0812. The molecule has 0 radical (unpaired) electrons. The van der Waals surface area contributed by atoms with Crippen LogP contribution >= 0.6 is 0 Å². The smallest absolute Gasteiger partial charge is 0.228 e. The van der Waals surface area contributed by atoms with E-state index in [1.807, 2.05) is 50.2 Å². The number of hydrogen-bond donors (Lipinski definition) is 1. The predicted molar refractivity (Wildman–Crippen MR) is 88.2 cm³/mol. The van der Waals surface area contributed by atoms with Gasteiger partial charge in [-0.25, -0.2) is 9.67 Å². The Balaban J connectivity index is 2.19. The van der Waals surface area contributed by atoms with E-state index in [0.717, 1.165) is 22.3 Å². The summed E-state index contributed by atoms with van der Waals surface area (Å²) in [4.78, 5) is 10.8. The van der Waals surface area contributed by atoms with Crippen LogP contribution in [0.25, 0.3) is 16.6 Å². The molecule has 0 saturated heterocycles. The van der Waals surface area contributed by atoms with Crippen molar-refractivity contribution in [2.75, 3.05) is 26.1 Å². The van der Waals surface area contributed by atoms with Crippen LogP contribution in [0.1, 0.15) is 11.4 Å². The van der Waals surface area contributed by atoms with Crippen molar-refractivity contribution >= 4 is 16.9 Å². The van der Waals surface area contributed by atoms with Crippen molar-refractivity contribution < 1.29 is 9.84 Å². The molecule has 0 aliphatic rings. The zero-order valence-corrected chi connectivity index (χ0v) is 13.6. The summed E-state index contributed by atoms with van der Waals surface area (Å²) in [5.41, 5.74) is 3.23. The van der Waals surface area contributed by atoms with Crippen LogP contribution in [0.3, 0.4) is 0 Å². The van der Waals surface area contributed by atoms with Crippen LogP contribution in [-0.2, 0) is 6.61 Å². The molecule has 0 unspecified atom stereocenters. The molecular formula is C16H19N5O2. The lowest BCUT2D eigenvalue weighted by Gasteiger charge is -2.13. The molecule has 1 N–H and O–H groups in total. The topological polar surface area (TPSA) is 76.3 Å². The molecule has 0 atom stereocenters. The van der Waals surface area contributed by atoms with Crippen LogP contribution in [-0.4, -0.2) is 46.1 Å². The lowest BCUT2D eigenvalue weighted by Crippen LogP contribution is -2.13. The number of anilines is 1. The van der Waals surface area contributed by atoms with Gasteiger partial charge in [0.05, 0.1) is 36.0 Å². The molecule has 0 aliphatic carbocycles. The van der Waals surface area contributed by atoms with E-state index in [4.69, 9.17) is 4.74 Å². The highest BCUT2D eigenvalue weighted by Gasteiger charge is 2.12. The highest BCUT2D eigenvalue weighted by Crippen LogP contribution is 2.27. The standard InChI is InChI=1S/C16H19N5O2/c1-10-7-11(9-22)19-21(10)12-5-6-13-14(8-12)17-16(20(2)3)18-15(13)23-4/h5-8,22H,9H2,1-4H3. The molecule has 2 heterocycles. The number of aryl methyl sites for hydroxylation is 1. The number of fused-ring (bicyclic) bond motifs is 1. The van der Waals surface area contributed by atoms with E-state index in [0.29, 0.717) is 17.5 Å². The second-order valence-corrected chi connectivity index (χ2v) is 5.48. The summed E-state index contributed by atoms with van der Waals surface area (Å²) in [7, 11) is 5.37. The van der Waals surface area contributed by atoms with E-state index in [9.17, 15) is 5.11 Å². The summed E-state index contributed by atoms with van der Waals surface area (Å²) in [5.74, 6) is 1.12. The quantitative estimate of drug-likeness (QED) is 0.790. The van der Waals surface area contributed by atoms with Crippen LogP contribution in [0.5, 0.6) is 5.88 Å². The van der Waals surface area contributed by atoms with Crippen LogP contribution in [0, 0.1) is 6.92 Å². The highest BCUT2D eigenvalue weighted by atomic mass is 16.5. The predicted octanol–water partition coefficient (Wildman–Crippen LogP) is 1.69. The first-order chi connectivity index (χ1) is 11.0. The van der Waals surface area contributed by atoms with Gasteiger partial charge in [-0.2, -0.15) is 10.1 Å². The average Bonchev–Trinajstić information content (AvgIpc) is 2.94. The Morgan fingerprint density at radius 3 is 2.61 bits per heavy atom. The molecule has 0 spiro atoms. The van der Waals surface area contributed by atoms with Crippen molar-refractivity contribution in [3.63, 3.8) is 0 Å². The Bertz CT molecular complexity index is 857. The summed E-state index contributed by atoms with van der Waals surface area (Å²) in [6.45, 7) is 1.87. The maximum atomic E-state index is 9.24. The van der Waals surface area contributed by atoms with E-state index in [1.54, 1.807) is 11.8 Å². The molecule has 3 aromatic rings. The van der Waals surface area contributed by atoms with Gasteiger partial charge in [-0.3, -0.25) is 0 Å². The van der Waals surface area contributed by atoms with E-state index < -0.39 is 0 Å². The third kappa shape index (κ3) is 2.70. The molecule has 7 nitrogen and oxygen atoms in total. The summed E-state index contributed by atoms with van der Waals surface area (Å²) in [5, 5.41) is 14.5. The van der Waals surface area contributed by atoms with Gasteiger partial charge in [-0.05, 0) is 31.2 Å². The molecule has 7 heteroatoms. The number of aliphatic hydroxyl groups is 1. The molecule has 120 valence electrons. The third-order valence-electron chi connectivity index (χ3n) is 3.57. The zero-order valence-electron chi connectivity index (χ0n) is 13.6. The van der Waals surface area contributed by atoms with Gasteiger partial charge in [0.1, 0.15) is 0 Å². The molecule has 0 saturated carbocycles. The Labute approximate surface area is 134 Å². The van der Waals surface area contributed by atoms with Crippen molar-refractivity contribution in [2.24, 2.45) is 0 Å². The average molecular weight is 313 g/mol. The van der Waals surface area contributed by atoms with Crippen LogP contribution in [0.15, 0.2) is 24.3 Å². The van der Waals surface area contributed by atoms with Crippen molar-refractivity contribution in [1.82, 2.24) is 19.7 Å². The second-order valence-electron chi connectivity index (χ2n) is 5.48. The minimum atomic E-state index is -0.0812. The van der Waals surface area contributed by atoms with E-state index in [2.05, 4.69) is 15.1 Å². The molecule has 0 amide bonds. The highest BCUT2D eigenvalue weighted by molar-refractivity contribution is 5.86. The number of aromatic nitrogens is 4. The van der Waals surface area contributed by atoms with Gasteiger partial charge in [0.15, 0.2) is 0 Å². The van der Waals surface area contributed by atoms with E-state index in [-0.39, 0.29) is 6.61 Å². The van der Waals surface area contributed by atoms with Crippen molar-refractivity contribution in [3.8, 4) is 11.6 Å². The van der Waals surface area contributed by atoms with E-state index in [1.165, 1.54) is 0 Å². The molecule has 0 aliphatic heterocycles. The van der Waals surface area contributed by atoms with Gasteiger partial charge in [-0.15, -0.1) is 0 Å². The normalized spacial score (nSPS) is 11.0. The Morgan fingerprint density at radius 2 is 2.00 bits per heavy atom.